The summed E-state index contributed by atoms with van der Waals surface area (Å²) < 4.78 is 45.1. The summed E-state index contributed by atoms with van der Waals surface area (Å²) in [6.07, 6.45) is 4.97. The van der Waals surface area contributed by atoms with Crippen molar-refractivity contribution in [1.29, 1.82) is 0 Å². The Kier molecular flexibility index (Phi) is 4.17. The quantitative estimate of drug-likeness (QED) is 0.426. The Morgan fingerprint density at radius 2 is 1.91 bits per heavy atom. The second-order valence-electron chi connectivity index (χ2n) is 10.0. The van der Waals surface area contributed by atoms with Gasteiger partial charge in [0.15, 0.2) is 5.82 Å². The summed E-state index contributed by atoms with van der Waals surface area (Å²) in [5.41, 5.74) is 3.26. The van der Waals surface area contributed by atoms with Gasteiger partial charge in [-0.25, -0.2) is 27.7 Å². The number of nitrogens with zero attached hydrogens (tertiary/aromatic N) is 5. The second-order valence-corrected chi connectivity index (χ2v) is 10.0. The Balaban J connectivity index is 1.28. The van der Waals surface area contributed by atoms with Crippen LogP contribution >= 0.6 is 0 Å². The van der Waals surface area contributed by atoms with Gasteiger partial charge in [0.2, 0.25) is 11.9 Å². The molecule has 6 rings (SSSR count). The first-order valence-corrected chi connectivity index (χ1v) is 11.3. The third kappa shape index (κ3) is 3.20. The number of nitrogens with one attached hydrogen (secondary N) is 1. The lowest BCUT2D eigenvalue weighted by molar-refractivity contribution is -0.193. The molecule has 0 unspecified atom stereocenters. The maximum Gasteiger partial charge on any atom is 0.249 e. The number of imidazole rings is 1. The zero-order valence-electron chi connectivity index (χ0n) is 18.7. The Morgan fingerprint density at radius 1 is 1.15 bits per heavy atom. The van der Waals surface area contributed by atoms with Crippen LogP contribution in [-0.4, -0.2) is 36.1 Å². The first kappa shape index (κ1) is 20.5. The topological polar surface area (TPSA) is 60.0 Å². The van der Waals surface area contributed by atoms with Crippen molar-refractivity contribution in [2.45, 2.75) is 64.5 Å². The number of aromatic nitrogens is 5. The molecule has 2 saturated carbocycles. The maximum atomic E-state index is 14.9. The van der Waals surface area contributed by atoms with Gasteiger partial charge in [-0.05, 0) is 62.8 Å². The number of alkyl halides is 2. The lowest BCUT2D eigenvalue weighted by Gasteiger charge is -2.57. The van der Waals surface area contributed by atoms with E-state index in [0.29, 0.717) is 11.5 Å². The van der Waals surface area contributed by atoms with E-state index in [4.69, 9.17) is 0 Å². The van der Waals surface area contributed by atoms with Gasteiger partial charge >= 0.3 is 0 Å². The predicted octanol–water partition coefficient (Wildman–Crippen LogP) is 5.76. The normalized spacial score (nSPS) is 19.4. The van der Waals surface area contributed by atoms with Gasteiger partial charge in [0.25, 0.3) is 0 Å². The average molecular weight is 455 g/mol. The van der Waals surface area contributed by atoms with Gasteiger partial charge < -0.3 is 9.88 Å². The average Bonchev–Trinajstić information content (AvgIpc) is 3.25. The van der Waals surface area contributed by atoms with Gasteiger partial charge in [0.05, 0.1) is 17.2 Å². The van der Waals surface area contributed by atoms with Crippen molar-refractivity contribution in [1.82, 2.24) is 24.1 Å². The van der Waals surface area contributed by atoms with Gasteiger partial charge in [0.1, 0.15) is 11.3 Å². The molecule has 3 aromatic heterocycles. The minimum Gasteiger partial charge on any atom is -0.350 e. The maximum absolute atomic E-state index is 14.9. The van der Waals surface area contributed by atoms with E-state index in [9.17, 15) is 13.2 Å². The van der Waals surface area contributed by atoms with Crippen LogP contribution in [0.4, 0.5) is 19.1 Å². The van der Waals surface area contributed by atoms with Crippen molar-refractivity contribution in [2.24, 2.45) is 5.41 Å². The van der Waals surface area contributed by atoms with E-state index in [1.807, 2.05) is 29.8 Å². The summed E-state index contributed by atoms with van der Waals surface area (Å²) in [7, 11) is 0. The van der Waals surface area contributed by atoms with Crippen molar-refractivity contribution < 1.29 is 13.2 Å². The minimum atomic E-state index is -2.49. The molecule has 0 atom stereocenters. The molecule has 0 radical (unpaired) electrons. The SMILES string of the molecule is Cc1nc2c(F)cc(-c3ccn4nc(NC5CC6(C5)CC(F)(F)C6)ncc34)cc2n1C(C)C. The standard InChI is InChI=1S/C24H25F3N6/c1-13(2)33-14(3)29-21-18(25)6-15(7-19(21)33)17-4-5-32-20(17)10-28-22(31-32)30-16-8-23(9-16)11-24(26,27)12-23/h4-7,10,13,16H,8-9,11-12H2,1-3H3,(H,30,31). The summed E-state index contributed by atoms with van der Waals surface area (Å²) >= 11 is 0. The molecular formula is C24H25F3N6. The summed E-state index contributed by atoms with van der Waals surface area (Å²) in [6, 6.07) is 5.63. The number of hydrogen-bond acceptors (Lipinski definition) is 4. The van der Waals surface area contributed by atoms with Crippen LogP contribution in [-0.2, 0) is 0 Å². The number of rotatable bonds is 4. The first-order valence-electron chi connectivity index (χ1n) is 11.3. The lowest BCUT2D eigenvalue weighted by Crippen LogP contribution is -2.57. The molecule has 9 heteroatoms. The van der Waals surface area contributed by atoms with Crippen LogP contribution in [0.5, 0.6) is 0 Å². The van der Waals surface area contributed by atoms with Crippen molar-refractivity contribution in [3.8, 4) is 11.1 Å². The van der Waals surface area contributed by atoms with E-state index in [2.05, 4.69) is 34.2 Å². The number of fused-ring (bicyclic) bond motifs is 2. The fourth-order valence-corrected chi connectivity index (χ4v) is 5.89. The molecule has 1 spiro atoms. The largest absolute Gasteiger partial charge is 0.350 e. The predicted molar refractivity (Wildman–Crippen MR) is 120 cm³/mol. The summed E-state index contributed by atoms with van der Waals surface area (Å²) in [5.74, 6) is -1.61. The Labute approximate surface area is 188 Å². The third-order valence-electron chi connectivity index (χ3n) is 7.13. The van der Waals surface area contributed by atoms with Crippen LogP contribution in [0.15, 0.2) is 30.6 Å². The summed E-state index contributed by atoms with van der Waals surface area (Å²) in [5, 5.41) is 7.80. The molecule has 2 aliphatic rings. The van der Waals surface area contributed by atoms with Crippen molar-refractivity contribution in [2.75, 3.05) is 5.32 Å². The Bertz CT molecular complexity index is 1390. The minimum absolute atomic E-state index is 0.00479. The van der Waals surface area contributed by atoms with Gasteiger partial charge in [-0.1, -0.05) is 0 Å². The smallest absolute Gasteiger partial charge is 0.249 e. The molecule has 0 bridgehead atoms. The number of hydrogen-bond donors (Lipinski definition) is 1. The molecular weight excluding hydrogens is 429 g/mol. The molecule has 1 aromatic carbocycles. The molecule has 4 aromatic rings. The van der Waals surface area contributed by atoms with Crippen molar-refractivity contribution >= 4 is 22.5 Å². The molecule has 0 saturated heterocycles. The van der Waals surface area contributed by atoms with Crippen molar-refractivity contribution in [3.05, 3.63) is 42.2 Å². The number of halogens is 3. The van der Waals surface area contributed by atoms with Crippen LogP contribution < -0.4 is 5.32 Å². The van der Waals surface area contributed by atoms with E-state index in [1.165, 1.54) is 6.07 Å². The highest BCUT2D eigenvalue weighted by molar-refractivity contribution is 5.88. The number of benzene rings is 1. The van der Waals surface area contributed by atoms with E-state index in [-0.39, 0.29) is 36.2 Å². The summed E-state index contributed by atoms with van der Waals surface area (Å²) in [4.78, 5) is 8.85. The van der Waals surface area contributed by atoms with Crippen LogP contribution in [0.3, 0.4) is 0 Å². The molecule has 172 valence electrons. The first-order chi connectivity index (χ1) is 15.6. The lowest BCUT2D eigenvalue weighted by atomic mass is 9.52. The van der Waals surface area contributed by atoms with E-state index < -0.39 is 5.92 Å². The Hall–Kier alpha value is -3.10. The fraction of sp³-hybridized carbons (Fsp3) is 0.458. The molecule has 1 N–H and O–H groups in total. The van der Waals surface area contributed by atoms with Gasteiger partial charge in [0, 0.05) is 36.7 Å². The molecule has 33 heavy (non-hydrogen) atoms. The molecule has 6 nitrogen and oxygen atoms in total. The second kappa shape index (κ2) is 6.71. The number of aryl methyl sites for hydroxylation is 1. The molecule has 2 fully saturated rings. The molecule has 0 aliphatic heterocycles. The zero-order valence-corrected chi connectivity index (χ0v) is 18.7. The number of anilines is 1. The van der Waals surface area contributed by atoms with Gasteiger partial charge in [-0.3, -0.25) is 0 Å². The van der Waals surface area contributed by atoms with Crippen LogP contribution in [0.25, 0.3) is 27.7 Å². The molecule has 3 heterocycles. The van der Waals surface area contributed by atoms with Gasteiger partial charge in [-0.2, -0.15) is 0 Å². The highest BCUT2D eigenvalue weighted by atomic mass is 19.3. The third-order valence-corrected chi connectivity index (χ3v) is 7.13. The van der Waals surface area contributed by atoms with Crippen LogP contribution in [0, 0.1) is 18.2 Å². The van der Waals surface area contributed by atoms with Crippen LogP contribution in [0.2, 0.25) is 0 Å². The van der Waals surface area contributed by atoms with E-state index >= 15 is 0 Å². The highest BCUT2D eigenvalue weighted by Crippen LogP contribution is 2.62. The monoisotopic (exact) mass is 454 g/mol. The molecule has 0 amide bonds. The zero-order chi connectivity index (χ0) is 23.1. The van der Waals surface area contributed by atoms with Gasteiger partial charge in [-0.15, -0.1) is 5.10 Å². The fourth-order valence-electron chi connectivity index (χ4n) is 5.89. The Morgan fingerprint density at radius 3 is 2.61 bits per heavy atom. The van der Waals surface area contributed by atoms with Crippen molar-refractivity contribution in [3.63, 3.8) is 0 Å². The molecule has 2 aliphatic carbocycles. The van der Waals surface area contributed by atoms with E-state index in [0.717, 1.165) is 40.8 Å². The van der Waals surface area contributed by atoms with Crippen LogP contribution in [0.1, 0.15) is 51.4 Å². The highest BCUT2D eigenvalue weighted by Gasteiger charge is 2.61. The summed E-state index contributed by atoms with van der Waals surface area (Å²) in [6.45, 7) is 5.99. The van der Waals surface area contributed by atoms with E-state index in [1.54, 1.807) is 10.7 Å².